The van der Waals surface area contributed by atoms with Crippen LogP contribution in [0.25, 0.3) is 0 Å². The molecule has 2 unspecified atom stereocenters. The van der Waals surface area contributed by atoms with Crippen LogP contribution >= 0.6 is 0 Å². The zero-order chi connectivity index (χ0) is 14.0. The minimum absolute atomic E-state index is 0.0647. The lowest BCUT2D eigenvalue weighted by Gasteiger charge is -2.22. The molecule has 1 aliphatic heterocycles. The Labute approximate surface area is 111 Å². The summed E-state index contributed by atoms with van der Waals surface area (Å²) in [6.45, 7) is 3.00. The van der Waals surface area contributed by atoms with Crippen molar-refractivity contribution in [1.29, 1.82) is 0 Å². The molecule has 0 radical (unpaired) electrons. The van der Waals surface area contributed by atoms with Crippen LogP contribution in [0.15, 0.2) is 24.3 Å². The summed E-state index contributed by atoms with van der Waals surface area (Å²) < 4.78 is 12.8. The molecule has 0 spiro atoms. The molecular formula is C14H17FN2O2. The number of hydrogen-bond acceptors (Lipinski definition) is 3. The van der Waals surface area contributed by atoms with E-state index in [2.05, 4.69) is 0 Å². The van der Waals surface area contributed by atoms with E-state index < -0.39 is 0 Å². The summed E-state index contributed by atoms with van der Waals surface area (Å²) in [5.74, 6) is -0.920. The maximum Gasteiger partial charge on any atom is 0.221 e. The van der Waals surface area contributed by atoms with Crippen LogP contribution in [0.3, 0.4) is 0 Å². The molecule has 2 rings (SSSR count). The molecule has 1 aromatic rings. The second-order valence-electron chi connectivity index (χ2n) is 4.93. The Kier molecular flexibility index (Phi) is 3.95. The van der Waals surface area contributed by atoms with Crippen molar-refractivity contribution in [1.82, 2.24) is 4.90 Å². The van der Waals surface area contributed by atoms with Gasteiger partial charge in [-0.2, -0.15) is 0 Å². The number of amides is 1. The number of nitrogens with two attached hydrogens (primary N) is 1. The van der Waals surface area contributed by atoms with Gasteiger partial charge in [0.15, 0.2) is 5.78 Å². The number of Topliss-reactive ketones (excluding diaryl/α,β-unsaturated/α-hetero) is 1. The smallest absolute Gasteiger partial charge is 0.221 e. The van der Waals surface area contributed by atoms with Gasteiger partial charge in [0.25, 0.3) is 0 Å². The zero-order valence-electron chi connectivity index (χ0n) is 10.8. The van der Waals surface area contributed by atoms with E-state index in [1.807, 2.05) is 4.90 Å². The van der Waals surface area contributed by atoms with Gasteiger partial charge in [-0.25, -0.2) is 4.39 Å². The van der Waals surface area contributed by atoms with Crippen LogP contribution in [0.4, 0.5) is 4.39 Å². The average Bonchev–Trinajstić information content (AvgIpc) is 2.87. The summed E-state index contributed by atoms with van der Waals surface area (Å²) in [5.41, 5.74) is 5.75. The van der Waals surface area contributed by atoms with E-state index in [0.717, 1.165) is 0 Å². The highest BCUT2D eigenvalue weighted by atomic mass is 19.1. The lowest BCUT2D eigenvalue weighted by atomic mass is 10.0. The van der Waals surface area contributed by atoms with Crippen molar-refractivity contribution >= 4 is 11.7 Å². The Balaban J connectivity index is 2.04. The molecule has 0 aliphatic carbocycles. The first-order valence-corrected chi connectivity index (χ1v) is 6.32. The SMILES string of the molecule is CC(C(=O)c1ccc(F)cc1)N1CCC(C(N)=O)C1. The topological polar surface area (TPSA) is 63.4 Å². The number of rotatable bonds is 4. The molecule has 1 heterocycles. The van der Waals surface area contributed by atoms with E-state index in [0.29, 0.717) is 25.1 Å². The van der Waals surface area contributed by atoms with Crippen molar-refractivity contribution in [2.45, 2.75) is 19.4 Å². The van der Waals surface area contributed by atoms with E-state index >= 15 is 0 Å². The van der Waals surface area contributed by atoms with Gasteiger partial charge in [-0.3, -0.25) is 14.5 Å². The van der Waals surface area contributed by atoms with Gasteiger partial charge in [-0.1, -0.05) is 0 Å². The molecule has 1 fully saturated rings. The monoisotopic (exact) mass is 264 g/mol. The molecule has 1 aliphatic rings. The molecule has 1 saturated heterocycles. The number of nitrogens with zero attached hydrogens (tertiary/aromatic N) is 1. The Hall–Kier alpha value is -1.75. The van der Waals surface area contributed by atoms with Gasteiger partial charge in [0, 0.05) is 12.1 Å². The number of likely N-dealkylation sites (tertiary alicyclic amines) is 1. The summed E-state index contributed by atoms with van der Waals surface area (Å²) >= 11 is 0. The predicted octanol–water partition coefficient (Wildman–Crippen LogP) is 1.20. The van der Waals surface area contributed by atoms with Crippen molar-refractivity contribution in [3.05, 3.63) is 35.6 Å². The fraction of sp³-hybridized carbons (Fsp3) is 0.429. The molecule has 0 aromatic heterocycles. The zero-order valence-corrected chi connectivity index (χ0v) is 10.8. The van der Waals surface area contributed by atoms with Crippen molar-refractivity contribution in [3.63, 3.8) is 0 Å². The quantitative estimate of drug-likeness (QED) is 0.831. The van der Waals surface area contributed by atoms with E-state index in [-0.39, 0.29) is 29.5 Å². The molecule has 5 heteroatoms. The second-order valence-corrected chi connectivity index (χ2v) is 4.93. The number of hydrogen-bond donors (Lipinski definition) is 1. The van der Waals surface area contributed by atoms with Crippen molar-refractivity contribution < 1.29 is 14.0 Å². The molecule has 2 N–H and O–H groups in total. The Morgan fingerprint density at radius 3 is 2.53 bits per heavy atom. The molecule has 2 atom stereocenters. The molecular weight excluding hydrogens is 247 g/mol. The second kappa shape index (κ2) is 5.48. The Morgan fingerprint density at radius 2 is 2.00 bits per heavy atom. The summed E-state index contributed by atoms with van der Waals surface area (Å²) in [7, 11) is 0. The number of halogens is 1. The predicted molar refractivity (Wildman–Crippen MR) is 69.1 cm³/mol. The minimum Gasteiger partial charge on any atom is -0.369 e. The van der Waals surface area contributed by atoms with Crippen molar-refractivity contribution in [2.75, 3.05) is 13.1 Å². The third-order valence-corrected chi connectivity index (χ3v) is 3.68. The summed E-state index contributed by atoms with van der Waals surface area (Å²) in [6, 6.07) is 5.19. The number of carbonyl (C=O) groups is 2. The van der Waals surface area contributed by atoms with Crippen molar-refractivity contribution in [3.8, 4) is 0 Å². The normalized spacial score (nSPS) is 21.3. The van der Waals surface area contributed by atoms with Gasteiger partial charge in [0.2, 0.25) is 5.91 Å². The van der Waals surface area contributed by atoms with Gasteiger partial charge < -0.3 is 5.73 Å². The summed E-state index contributed by atoms with van der Waals surface area (Å²) in [4.78, 5) is 25.3. The molecule has 0 bridgehead atoms. The maximum atomic E-state index is 12.8. The van der Waals surface area contributed by atoms with Crippen molar-refractivity contribution in [2.24, 2.45) is 11.7 Å². The van der Waals surface area contributed by atoms with Gasteiger partial charge in [0.05, 0.1) is 12.0 Å². The molecule has 1 amide bonds. The Bertz CT molecular complexity index is 487. The van der Waals surface area contributed by atoms with E-state index in [9.17, 15) is 14.0 Å². The first kappa shape index (κ1) is 13.7. The average molecular weight is 264 g/mol. The lowest BCUT2D eigenvalue weighted by molar-refractivity contribution is -0.121. The van der Waals surface area contributed by atoms with Crippen LogP contribution in [0.2, 0.25) is 0 Å². The van der Waals surface area contributed by atoms with Crippen LogP contribution in [0.1, 0.15) is 23.7 Å². The highest BCUT2D eigenvalue weighted by molar-refractivity contribution is 5.99. The highest BCUT2D eigenvalue weighted by Gasteiger charge is 2.32. The molecule has 0 saturated carbocycles. The van der Waals surface area contributed by atoms with Crippen LogP contribution in [-0.2, 0) is 4.79 Å². The largest absolute Gasteiger partial charge is 0.369 e. The molecule has 19 heavy (non-hydrogen) atoms. The highest BCUT2D eigenvalue weighted by Crippen LogP contribution is 2.20. The lowest BCUT2D eigenvalue weighted by Crippen LogP contribution is -2.38. The van der Waals surface area contributed by atoms with Crippen LogP contribution in [0.5, 0.6) is 0 Å². The molecule has 4 nitrogen and oxygen atoms in total. The third kappa shape index (κ3) is 2.98. The summed E-state index contributed by atoms with van der Waals surface area (Å²) in [6.07, 6.45) is 0.691. The summed E-state index contributed by atoms with van der Waals surface area (Å²) in [5, 5.41) is 0. The third-order valence-electron chi connectivity index (χ3n) is 3.68. The van der Waals surface area contributed by atoms with Gasteiger partial charge in [-0.15, -0.1) is 0 Å². The number of primary amides is 1. The van der Waals surface area contributed by atoms with E-state index in [4.69, 9.17) is 5.73 Å². The number of carbonyl (C=O) groups excluding carboxylic acids is 2. The molecule has 102 valence electrons. The fourth-order valence-electron chi connectivity index (χ4n) is 2.39. The standard InChI is InChI=1S/C14H17FN2O2/c1-9(17-7-6-11(8-17)14(16)19)13(18)10-2-4-12(15)5-3-10/h2-5,9,11H,6-8H2,1H3,(H2,16,19). The van der Waals surface area contributed by atoms with Crippen LogP contribution in [-0.4, -0.2) is 35.7 Å². The van der Waals surface area contributed by atoms with Gasteiger partial charge in [0.1, 0.15) is 5.82 Å². The molecule has 1 aromatic carbocycles. The van der Waals surface area contributed by atoms with E-state index in [1.165, 1.54) is 24.3 Å². The number of ketones is 1. The Morgan fingerprint density at radius 1 is 1.37 bits per heavy atom. The minimum atomic E-state index is -0.362. The van der Waals surface area contributed by atoms with Crippen LogP contribution in [0, 0.1) is 11.7 Å². The maximum absolute atomic E-state index is 12.8. The van der Waals surface area contributed by atoms with E-state index in [1.54, 1.807) is 6.92 Å². The first-order chi connectivity index (χ1) is 8.99. The van der Waals surface area contributed by atoms with Gasteiger partial charge in [-0.05, 0) is 44.2 Å². The van der Waals surface area contributed by atoms with Gasteiger partial charge >= 0.3 is 0 Å². The number of benzene rings is 1. The van der Waals surface area contributed by atoms with Crippen LogP contribution < -0.4 is 5.73 Å². The fourth-order valence-corrected chi connectivity index (χ4v) is 2.39. The first-order valence-electron chi connectivity index (χ1n) is 6.32.